The molecule has 0 spiro atoms. The number of rotatable bonds is 3. The molecule has 0 saturated heterocycles. The summed E-state index contributed by atoms with van der Waals surface area (Å²) in [7, 11) is 0. The van der Waals surface area contributed by atoms with Crippen molar-refractivity contribution in [3.8, 4) is 11.5 Å². The first-order valence-corrected chi connectivity index (χ1v) is 9.92. The maximum Gasteiger partial charge on any atom is 0.255 e. The number of benzene rings is 4. The van der Waals surface area contributed by atoms with Crippen LogP contribution >= 0.6 is 15.9 Å². The van der Waals surface area contributed by atoms with Crippen molar-refractivity contribution in [2.45, 2.75) is 0 Å². The quantitative estimate of drug-likeness (QED) is 0.339. The minimum absolute atomic E-state index is 0.177. The largest absolute Gasteiger partial charge is 0.436 e. The second-order valence-electron chi connectivity index (χ2n) is 6.69. The predicted molar refractivity (Wildman–Crippen MR) is 119 cm³/mol. The number of nitrogens with one attached hydrogen (secondary N) is 1. The third kappa shape index (κ3) is 3.41. The first-order chi connectivity index (χ1) is 14.2. The molecule has 0 saturated carbocycles. The second kappa shape index (κ2) is 7.18. The van der Waals surface area contributed by atoms with Crippen molar-refractivity contribution in [1.82, 2.24) is 4.98 Å². The summed E-state index contributed by atoms with van der Waals surface area (Å²) in [6.45, 7) is 0. The van der Waals surface area contributed by atoms with Gasteiger partial charge in [-0.25, -0.2) is 4.98 Å². The van der Waals surface area contributed by atoms with E-state index in [1.807, 2.05) is 54.6 Å². The van der Waals surface area contributed by atoms with Gasteiger partial charge >= 0.3 is 0 Å². The molecule has 29 heavy (non-hydrogen) atoms. The Labute approximate surface area is 175 Å². The maximum atomic E-state index is 12.5. The van der Waals surface area contributed by atoms with Crippen LogP contribution in [0.4, 0.5) is 5.69 Å². The van der Waals surface area contributed by atoms with Crippen LogP contribution in [-0.4, -0.2) is 10.9 Å². The second-order valence-corrected chi connectivity index (χ2v) is 7.61. The van der Waals surface area contributed by atoms with Crippen LogP contribution in [0.1, 0.15) is 10.4 Å². The Hall–Kier alpha value is -3.44. The third-order valence-electron chi connectivity index (χ3n) is 4.75. The van der Waals surface area contributed by atoms with Gasteiger partial charge in [0.25, 0.3) is 5.91 Å². The van der Waals surface area contributed by atoms with Gasteiger partial charge in [-0.15, -0.1) is 0 Å². The Morgan fingerprint density at radius 1 is 0.897 bits per heavy atom. The van der Waals surface area contributed by atoms with E-state index in [0.717, 1.165) is 20.8 Å². The lowest BCUT2D eigenvalue weighted by Gasteiger charge is -2.05. The summed E-state index contributed by atoms with van der Waals surface area (Å²) in [6, 6.07) is 26.9. The highest BCUT2D eigenvalue weighted by atomic mass is 79.9. The molecule has 1 aromatic heterocycles. The molecule has 1 heterocycles. The molecular formula is C24H15BrN2O2. The Kier molecular flexibility index (Phi) is 4.37. The molecule has 1 N–H and O–H groups in total. The molecule has 0 radical (unpaired) electrons. The monoisotopic (exact) mass is 442 g/mol. The zero-order valence-electron chi connectivity index (χ0n) is 15.2. The molecule has 0 aliphatic carbocycles. The van der Waals surface area contributed by atoms with E-state index in [1.165, 1.54) is 0 Å². The number of nitrogens with zero attached hydrogens (tertiary/aromatic N) is 1. The van der Waals surface area contributed by atoms with E-state index in [9.17, 15) is 4.79 Å². The van der Waals surface area contributed by atoms with Crippen molar-refractivity contribution in [2.24, 2.45) is 0 Å². The average Bonchev–Trinajstić information content (AvgIpc) is 3.16. The van der Waals surface area contributed by atoms with Crippen molar-refractivity contribution in [2.75, 3.05) is 5.32 Å². The van der Waals surface area contributed by atoms with Gasteiger partial charge in [-0.1, -0.05) is 58.4 Å². The van der Waals surface area contributed by atoms with E-state index >= 15 is 0 Å². The standard InChI is InChI=1S/C24H15BrN2O2/c25-17-8-3-7-16(13-17)23(28)26-18-11-12-22-21(14-18)27-24(29-22)20-10-4-6-15-5-1-2-9-19(15)20/h1-14H,(H,26,28). The molecule has 1 amide bonds. The Morgan fingerprint density at radius 2 is 1.72 bits per heavy atom. The van der Waals surface area contributed by atoms with Crippen molar-refractivity contribution < 1.29 is 9.21 Å². The van der Waals surface area contributed by atoms with Gasteiger partial charge in [0.05, 0.1) is 0 Å². The molecular weight excluding hydrogens is 428 g/mol. The van der Waals surface area contributed by atoms with Gasteiger partial charge in [0.2, 0.25) is 5.89 Å². The van der Waals surface area contributed by atoms with Crippen LogP contribution in [0.3, 0.4) is 0 Å². The Bertz CT molecular complexity index is 1370. The Morgan fingerprint density at radius 3 is 2.62 bits per heavy atom. The van der Waals surface area contributed by atoms with Gasteiger partial charge in [0, 0.05) is 21.3 Å². The van der Waals surface area contributed by atoms with Gasteiger partial charge in [-0.05, 0) is 53.2 Å². The molecule has 0 fully saturated rings. The minimum atomic E-state index is -0.177. The molecule has 0 bridgehead atoms. The number of anilines is 1. The number of aromatic nitrogens is 1. The highest BCUT2D eigenvalue weighted by Crippen LogP contribution is 2.31. The number of hydrogen-bond acceptors (Lipinski definition) is 3. The third-order valence-corrected chi connectivity index (χ3v) is 5.25. The molecule has 0 atom stereocenters. The number of oxazole rings is 1. The van der Waals surface area contributed by atoms with Crippen LogP contribution in [-0.2, 0) is 0 Å². The molecule has 4 nitrogen and oxygen atoms in total. The predicted octanol–water partition coefficient (Wildman–Crippen LogP) is 6.66. The van der Waals surface area contributed by atoms with E-state index in [-0.39, 0.29) is 5.91 Å². The molecule has 5 heteroatoms. The number of fused-ring (bicyclic) bond motifs is 2. The zero-order valence-corrected chi connectivity index (χ0v) is 16.8. The van der Waals surface area contributed by atoms with E-state index < -0.39 is 0 Å². The van der Waals surface area contributed by atoms with Crippen molar-refractivity contribution in [3.05, 3.63) is 95.0 Å². The fourth-order valence-electron chi connectivity index (χ4n) is 3.37. The van der Waals surface area contributed by atoms with Gasteiger partial charge in [0.1, 0.15) is 5.52 Å². The minimum Gasteiger partial charge on any atom is -0.436 e. The van der Waals surface area contributed by atoms with Crippen LogP contribution in [0.25, 0.3) is 33.3 Å². The van der Waals surface area contributed by atoms with E-state index in [1.54, 1.807) is 12.1 Å². The number of halogens is 1. The zero-order chi connectivity index (χ0) is 19.8. The normalized spacial score (nSPS) is 11.1. The van der Waals surface area contributed by atoms with Gasteiger partial charge < -0.3 is 9.73 Å². The summed E-state index contributed by atoms with van der Waals surface area (Å²) in [5.41, 5.74) is 3.56. The molecule has 5 rings (SSSR count). The smallest absolute Gasteiger partial charge is 0.255 e. The van der Waals surface area contributed by atoms with E-state index in [4.69, 9.17) is 4.42 Å². The van der Waals surface area contributed by atoms with Crippen LogP contribution in [0.15, 0.2) is 93.8 Å². The summed E-state index contributed by atoms with van der Waals surface area (Å²) in [4.78, 5) is 17.2. The lowest BCUT2D eigenvalue weighted by Crippen LogP contribution is -2.11. The van der Waals surface area contributed by atoms with Crippen LogP contribution in [0, 0.1) is 0 Å². The number of carbonyl (C=O) groups excluding carboxylic acids is 1. The summed E-state index contributed by atoms with van der Waals surface area (Å²) in [5.74, 6) is 0.385. The van der Waals surface area contributed by atoms with Crippen molar-refractivity contribution >= 4 is 49.4 Å². The topological polar surface area (TPSA) is 55.1 Å². The van der Waals surface area contributed by atoms with Gasteiger partial charge in [0.15, 0.2) is 5.58 Å². The number of carbonyl (C=O) groups is 1. The lowest BCUT2D eigenvalue weighted by molar-refractivity contribution is 0.102. The highest BCUT2D eigenvalue weighted by molar-refractivity contribution is 9.10. The fraction of sp³-hybridized carbons (Fsp3) is 0. The summed E-state index contributed by atoms with van der Waals surface area (Å²) < 4.78 is 6.85. The SMILES string of the molecule is O=C(Nc1ccc2oc(-c3cccc4ccccc34)nc2c1)c1cccc(Br)c1. The van der Waals surface area contributed by atoms with Crippen molar-refractivity contribution in [3.63, 3.8) is 0 Å². The first-order valence-electron chi connectivity index (χ1n) is 9.13. The Balaban J connectivity index is 1.50. The molecule has 4 aromatic carbocycles. The highest BCUT2D eigenvalue weighted by Gasteiger charge is 2.13. The molecule has 0 aliphatic rings. The number of amides is 1. The summed E-state index contributed by atoms with van der Waals surface area (Å²) >= 11 is 3.39. The van der Waals surface area contributed by atoms with Crippen molar-refractivity contribution in [1.29, 1.82) is 0 Å². The summed E-state index contributed by atoms with van der Waals surface area (Å²) in [5, 5.41) is 5.14. The average molecular weight is 443 g/mol. The van der Waals surface area contributed by atoms with Crippen LogP contribution in [0.5, 0.6) is 0 Å². The van der Waals surface area contributed by atoms with Gasteiger partial charge in [-0.3, -0.25) is 4.79 Å². The molecule has 0 unspecified atom stereocenters. The molecule has 0 aliphatic heterocycles. The van der Waals surface area contributed by atoms with Crippen LogP contribution < -0.4 is 5.32 Å². The van der Waals surface area contributed by atoms with Crippen LogP contribution in [0.2, 0.25) is 0 Å². The number of hydrogen-bond donors (Lipinski definition) is 1. The fourth-order valence-corrected chi connectivity index (χ4v) is 3.76. The van der Waals surface area contributed by atoms with Gasteiger partial charge in [-0.2, -0.15) is 0 Å². The first kappa shape index (κ1) is 17.6. The lowest BCUT2D eigenvalue weighted by atomic mass is 10.0. The molecule has 5 aromatic rings. The summed E-state index contributed by atoms with van der Waals surface area (Å²) in [6.07, 6.45) is 0. The van der Waals surface area contributed by atoms with E-state index in [0.29, 0.717) is 28.2 Å². The molecule has 140 valence electrons. The van der Waals surface area contributed by atoms with E-state index in [2.05, 4.69) is 44.4 Å². The maximum absolute atomic E-state index is 12.5.